The average molecular weight is 509 g/mol. The highest BCUT2D eigenvalue weighted by Gasteiger charge is 2.49. The van der Waals surface area contributed by atoms with Crippen LogP contribution in [0.3, 0.4) is 0 Å². The molecule has 8 heteroatoms. The number of amides is 2. The first-order valence-corrected chi connectivity index (χ1v) is 13.4. The summed E-state index contributed by atoms with van der Waals surface area (Å²) in [5.74, 6) is -0.673. The number of ether oxygens (including phenoxy) is 2. The predicted molar refractivity (Wildman–Crippen MR) is 138 cm³/mol. The number of rotatable bonds is 7. The van der Waals surface area contributed by atoms with Crippen LogP contribution in [-0.4, -0.2) is 67.9 Å². The lowest BCUT2D eigenvalue weighted by Gasteiger charge is -2.55. The van der Waals surface area contributed by atoms with Gasteiger partial charge in [-0.25, -0.2) is 0 Å². The van der Waals surface area contributed by atoms with Gasteiger partial charge in [-0.3, -0.25) is 19.2 Å². The summed E-state index contributed by atoms with van der Waals surface area (Å²) in [5, 5.41) is 0. The quantitative estimate of drug-likeness (QED) is 0.460. The van der Waals surface area contributed by atoms with Gasteiger partial charge in [0, 0.05) is 60.7 Å². The number of esters is 2. The van der Waals surface area contributed by atoms with Crippen molar-refractivity contribution in [1.29, 1.82) is 0 Å². The number of piperidine rings is 2. The van der Waals surface area contributed by atoms with Gasteiger partial charge in [-0.15, -0.1) is 0 Å². The molecule has 2 aliphatic heterocycles. The van der Waals surface area contributed by atoms with Crippen LogP contribution >= 0.6 is 0 Å². The highest BCUT2D eigenvalue weighted by Crippen LogP contribution is 2.41. The van der Waals surface area contributed by atoms with Gasteiger partial charge in [-0.2, -0.15) is 0 Å². The van der Waals surface area contributed by atoms with Gasteiger partial charge in [0.25, 0.3) is 0 Å². The minimum Gasteiger partial charge on any atom is -0.462 e. The van der Waals surface area contributed by atoms with Crippen molar-refractivity contribution in [1.82, 2.24) is 9.80 Å². The monoisotopic (exact) mass is 508 g/mol. The Labute approximate surface area is 217 Å². The summed E-state index contributed by atoms with van der Waals surface area (Å²) >= 11 is 0. The molecule has 206 valence electrons. The Bertz CT molecular complexity index is 754. The van der Waals surface area contributed by atoms with E-state index in [1.807, 2.05) is 79.0 Å². The summed E-state index contributed by atoms with van der Waals surface area (Å²) in [6.45, 7) is 19.7. The van der Waals surface area contributed by atoms with Crippen LogP contribution in [0.4, 0.5) is 0 Å². The topological polar surface area (TPSA) is 93.2 Å². The highest BCUT2D eigenvalue weighted by molar-refractivity contribution is 5.79. The minimum atomic E-state index is -0.438. The molecule has 0 unspecified atom stereocenters. The van der Waals surface area contributed by atoms with Crippen LogP contribution in [0.5, 0.6) is 0 Å². The fourth-order valence-corrected chi connectivity index (χ4v) is 6.90. The fourth-order valence-electron chi connectivity index (χ4n) is 6.90. The van der Waals surface area contributed by atoms with E-state index in [0.717, 1.165) is 0 Å². The Balaban J connectivity index is 1.91. The van der Waals surface area contributed by atoms with Gasteiger partial charge >= 0.3 is 11.9 Å². The summed E-state index contributed by atoms with van der Waals surface area (Å²) < 4.78 is 11.5. The Morgan fingerprint density at radius 3 is 1.06 bits per heavy atom. The van der Waals surface area contributed by atoms with E-state index in [9.17, 15) is 19.2 Å². The summed E-state index contributed by atoms with van der Waals surface area (Å²) in [6, 6.07) is 0. The van der Waals surface area contributed by atoms with Crippen molar-refractivity contribution in [2.45, 2.75) is 155 Å². The van der Waals surface area contributed by atoms with E-state index < -0.39 is 34.1 Å². The second-order valence-corrected chi connectivity index (χ2v) is 13.0. The third-order valence-electron chi connectivity index (χ3n) is 7.56. The number of carbonyl (C=O) groups is 4. The molecule has 2 aliphatic rings. The number of carbonyl (C=O) groups excluding carboxylic acids is 4. The average Bonchev–Trinajstić information content (AvgIpc) is 2.68. The van der Waals surface area contributed by atoms with Gasteiger partial charge < -0.3 is 19.3 Å². The van der Waals surface area contributed by atoms with Crippen LogP contribution < -0.4 is 0 Å². The first-order chi connectivity index (χ1) is 16.4. The van der Waals surface area contributed by atoms with E-state index in [1.54, 1.807) is 0 Å². The molecule has 0 aromatic rings. The molecule has 0 aromatic carbocycles. The van der Waals surface area contributed by atoms with Crippen molar-refractivity contribution in [3.63, 3.8) is 0 Å². The lowest BCUT2D eigenvalue weighted by molar-refractivity contribution is -0.173. The molecule has 0 aromatic heterocycles. The van der Waals surface area contributed by atoms with E-state index >= 15 is 0 Å². The first kappa shape index (κ1) is 30.1. The third kappa shape index (κ3) is 6.80. The molecule has 36 heavy (non-hydrogen) atoms. The second kappa shape index (κ2) is 10.7. The smallest absolute Gasteiger partial charge is 0.306 e. The molecule has 2 saturated heterocycles. The van der Waals surface area contributed by atoms with Crippen molar-refractivity contribution in [3.05, 3.63) is 0 Å². The van der Waals surface area contributed by atoms with Gasteiger partial charge in [0.05, 0.1) is 12.8 Å². The molecule has 2 rings (SSSR count). The van der Waals surface area contributed by atoms with Crippen molar-refractivity contribution >= 4 is 23.8 Å². The van der Waals surface area contributed by atoms with Crippen molar-refractivity contribution in [2.75, 3.05) is 0 Å². The summed E-state index contributed by atoms with van der Waals surface area (Å²) in [4.78, 5) is 54.2. The zero-order valence-electron chi connectivity index (χ0n) is 24.2. The van der Waals surface area contributed by atoms with E-state index in [4.69, 9.17) is 9.47 Å². The number of hydrogen-bond acceptors (Lipinski definition) is 6. The molecule has 0 spiro atoms. The molecule has 2 heterocycles. The highest BCUT2D eigenvalue weighted by atomic mass is 16.6. The standard InChI is InChI=1S/C28H48N2O6/c1-11-21(31)29-25(3,4)15-19(16-26(29,5)6)35-23(33)13-14-24(34)36-20-17-27(7,8)30(22(32)12-2)28(9,10)18-20/h19-20H,11-18H2,1-10H3. The van der Waals surface area contributed by atoms with Crippen LogP contribution in [0, 0.1) is 0 Å². The molecule has 0 N–H and O–H groups in total. The summed E-state index contributed by atoms with van der Waals surface area (Å²) in [5.41, 5.74) is -1.75. The molecule has 0 radical (unpaired) electrons. The molecule has 0 bridgehead atoms. The third-order valence-corrected chi connectivity index (χ3v) is 7.56. The molecular formula is C28H48N2O6. The van der Waals surface area contributed by atoms with Gasteiger partial charge in [0.1, 0.15) is 12.2 Å². The van der Waals surface area contributed by atoms with Crippen LogP contribution in [0.15, 0.2) is 0 Å². The van der Waals surface area contributed by atoms with Crippen LogP contribution in [0.1, 0.15) is 121 Å². The Morgan fingerprint density at radius 1 is 0.583 bits per heavy atom. The maximum absolute atomic E-state index is 12.6. The Kier molecular flexibility index (Phi) is 8.95. The number of hydrogen-bond donors (Lipinski definition) is 0. The normalized spacial score (nSPS) is 23.2. The lowest BCUT2D eigenvalue weighted by Crippen LogP contribution is -2.64. The molecule has 2 fully saturated rings. The lowest BCUT2D eigenvalue weighted by atomic mass is 9.77. The summed E-state index contributed by atoms with van der Waals surface area (Å²) in [7, 11) is 0. The van der Waals surface area contributed by atoms with E-state index in [1.165, 1.54) is 0 Å². The SMILES string of the molecule is CCC(=O)N1C(C)(C)CC(OC(=O)CCC(=O)OC2CC(C)(C)N(C(=O)CC)C(C)(C)C2)CC1(C)C. The molecular weight excluding hydrogens is 460 g/mol. The molecule has 2 amide bonds. The van der Waals surface area contributed by atoms with Crippen molar-refractivity contribution < 1.29 is 28.7 Å². The Hall–Kier alpha value is -2.12. The number of likely N-dealkylation sites (tertiary alicyclic amines) is 2. The van der Waals surface area contributed by atoms with Crippen molar-refractivity contribution in [2.24, 2.45) is 0 Å². The molecule has 0 atom stereocenters. The molecule has 8 nitrogen and oxygen atoms in total. The Morgan fingerprint density at radius 2 is 0.833 bits per heavy atom. The zero-order chi connectivity index (χ0) is 27.7. The second-order valence-electron chi connectivity index (χ2n) is 13.0. The first-order valence-electron chi connectivity index (χ1n) is 13.4. The zero-order valence-corrected chi connectivity index (χ0v) is 24.2. The minimum absolute atomic E-state index is 0.0479. The molecule has 0 saturated carbocycles. The van der Waals surface area contributed by atoms with E-state index in [-0.39, 0.29) is 36.9 Å². The van der Waals surface area contributed by atoms with E-state index in [0.29, 0.717) is 38.5 Å². The predicted octanol–water partition coefficient (Wildman–Crippen LogP) is 4.77. The van der Waals surface area contributed by atoms with Crippen molar-refractivity contribution in [3.8, 4) is 0 Å². The van der Waals surface area contributed by atoms with Crippen LogP contribution in [0.2, 0.25) is 0 Å². The maximum atomic E-state index is 12.6. The van der Waals surface area contributed by atoms with Gasteiger partial charge in [0.2, 0.25) is 11.8 Å². The van der Waals surface area contributed by atoms with Gasteiger partial charge in [-0.1, -0.05) is 13.8 Å². The fraction of sp³-hybridized carbons (Fsp3) is 0.857. The number of nitrogens with zero attached hydrogens (tertiary/aromatic N) is 2. The summed E-state index contributed by atoms with van der Waals surface area (Å²) in [6.07, 6.45) is 2.35. The molecule has 0 aliphatic carbocycles. The van der Waals surface area contributed by atoms with Crippen LogP contribution in [-0.2, 0) is 28.7 Å². The van der Waals surface area contributed by atoms with Gasteiger partial charge in [-0.05, 0) is 55.4 Å². The largest absolute Gasteiger partial charge is 0.462 e. The maximum Gasteiger partial charge on any atom is 0.306 e. The van der Waals surface area contributed by atoms with Gasteiger partial charge in [0.15, 0.2) is 0 Å². The van der Waals surface area contributed by atoms with E-state index in [2.05, 4.69) is 0 Å². The van der Waals surface area contributed by atoms with Crippen LogP contribution in [0.25, 0.3) is 0 Å².